The molecular weight excluding hydrogens is 361 g/mol. The minimum atomic E-state index is -4.53. The number of benzene rings is 1. The van der Waals surface area contributed by atoms with Gasteiger partial charge < -0.3 is 14.2 Å². The van der Waals surface area contributed by atoms with Crippen molar-refractivity contribution in [2.75, 3.05) is 13.1 Å². The second-order valence-corrected chi connectivity index (χ2v) is 6.47. The van der Waals surface area contributed by atoms with Gasteiger partial charge in [-0.25, -0.2) is 0 Å². The van der Waals surface area contributed by atoms with Crippen molar-refractivity contribution in [1.29, 1.82) is 0 Å². The van der Waals surface area contributed by atoms with Crippen LogP contribution in [0.25, 0.3) is 0 Å². The summed E-state index contributed by atoms with van der Waals surface area (Å²) in [6.07, 6.45) is -1.89. The predicted molar refractivity (Wildman–Crippen MR) is 90.6 cm³/mol. The normalized spacial score (nSPS) is 14.6. The largest absolute Gasteiger partial charge is 0.467 e. The van der Waals surface area contributed by atoms with Crippen molar-refractivity contribution in [3.63, 3.8) is 0 Å². The SMILES string of the molecule is O=C1CCCN1Cc1cccc(C(=O)N(Cc2ccco2)CC(F)(F)F)c1. The lowest BCUT2D eigenvalue weighted by Gasteiger charge is -2.23. The standard InChI is InChI=1S/C19H19F3N2O3/c20-19(21,22)13-24(12-16-6-3-9-27-16)18(26)15-5-1-4-14(10-15)11-23-8-2-7-17(23)25/h1,3-6,9-10H,2,7-8,11-13H2. The molecule has 0 atom stereocenters. The maximum absolute atomic E-state index is 12.9. The molecule has 1 aromatic carbocycles. The first-order valence-electron chi connectivity index (χ1n) is 8.57. The molecule has 0 aliphatic carbocycles. The van der Waals surface area contributed by atoms with Gasteiger partial charge in [0.2, 0.25) is 5.91 Å². The summed E-state index contributed by atoms with van der Waals surface area (Å²) in [7, 11) is 0. The molecule has 2 amide bonds. The third-order valence-corrected chi connectivity index (χ3v) is 4.30. The molecule has 5 nitrogen and oxygen atoms in total. The van der Waals surface area contributed by atoms with Crippen molar-refractivity contribution >= 4 is 11.8 Å². The van der Waals surface area contributed by atoms with E-state index in [0.29, 0.717) is 30.0 Å². The minimum absolute atomic E-state index is 0.0447. The number of alkyl halides is 3. The zero-order valence-electron chi connectivity index (χ0n) is 14.5. The number of likely N-dealkylation sites (tertiary alicyclic amines) is 1. The van der Waals surface area contributed by atoms with E-state index in [-0.39, 0.29) is 23.8 Å². The zero-order chi connectivity index (χ0) is 19.4. The average molecular weight is 380 g/mol. The van der Waals surface area contributed by atoms with Crippen LogP contribution in [-0.4, -0.2) is 40.9 Å². The van der Waals surface area contributed by atoms with Crippen molar-refractivity contribution in [2.24, 2.45) is 0 Å². The molecule has 2 heterocycles. The topological polar surface area (TPSA) is 53.8 Å². The average Bonchev–Trinajstić information content (AvgIpc) is 3.25. The van der Waals surface area contributed by atoms with Gasteiger partial charge in [0, 0.05) is 25.1 Å². The van der Waals surface area contributed by atoms with Crippen molar-refractivity contribution in [1.82, 2.24) is 9.80 Å². The predicted octanol–water partition coefficient (Wildman–Crippen LogP) is 3.61. The van der Waals surface area contributed by atoms with Crippen LogP contribution in [0.2, 0.25) is 0 Å². The summed E-state index contributed by atoms with van der Waals surface area (Å²) in [5.41, 5.74) is 0.857. The molecule has 2 aromatic rings. The first-order valence-corrected chi connectivity index (χ1v) is 8.57. The Kier molecular flexibility index (Phi) is 5.53. The van der Waals surface area contributed by atoms with E-state index in [1.54, 1.807) is 29.2 Å². The number of carbonyl (C=O) groups is 2. The van der Waals surface area contributed by atoms with E-state index in [4.69, 9.17) is 4.42 Å². The van der Waals surface area contributed by atoms with Crippen molar-refractivity contribution in [2.45, 2.75) is 32.1 Å². The molecule has 0 unspecified atom stereocenters. The minimum Gasteiger partial charge on any atom is -0.467 e. The van der Waals surface area contributed by atoms with Crippen molar-refractivity contribution < 1.29 is 27.2 Å². The Morgan fingerprint density at radius 2 is 2.04 bits per heavy atom. The summed E-state index contributed by atoms with van der Waals surface area (Å²) in [5, 5.41) is 0. The highest BCUT2D eigenvalue weighted by molar-refractivity contribution is 5.94. The van der Waals surface area contributed by atoms with Crippen LogP contribution in [0, 0.1) is 0 Å². The molecule has 0 bridgehead atoms. The number of furan rings is 1. The summed E-state index contributed by atoms with van der Waals surface area (Å²) >= 11 is 0. The van der Waals surface area contributed by atoms with Gasteiger partial charge in [-0.2, -0.15) is 13.2 Å². The summed E-state index contributed by atoms with van der Waals surface area (Å²) < 4.78 is 43.9. The molecule has 1 fully saturated rings. The lowest BCUT2D eigenvalue weighted by Crippen LogP contribution is -2.38. The van der Waals surface area contributed by atoms with Gasteiger partial charge in [-0.05, 0) is 36.2 Å². The van der Waals surface area contributed by atoms with Crippen molar-refractivity contribution in [3.8, 4) is 0 Å². The third-order valence-electron chi connectivity index (χ3n) is 4.30. The van der Waals surface area contributed by atoms with Crippen LogP contribution in [0.4, 0.5) is 13.2 Å². The highest BCUT2D eigenvalue weighted by Crippen LogP contribution is 2.21. The molecule has 1 aliphatic heterocycles. The molecule has 27 heavy (non-hydrogen) atoms. The molecule has 1 aromatic heterocycles. The van der Waals surface area contributed by atoms with Gasteiger partial charge >= 0.3 is 6.18 Å². The second-order valence-electron chi connectivity index (χ2n) is 6.47. The van der Waals surface area contributed by atoms with Crippen molar-refractivity contribution in [3.05, 3.63) is 59.5 Å². The van der Waals surface area contributed by atoms with Gasteiger partial charge in [-0.15, -0.1) is 0 Å². The highest BCUT2D eigenvalue weighted by atomic mass is 19.4. The Labute approximate surface area is 154 Å². The molecule has 3 rings (SSSR count). The lowest BCUT2D eigenvalue weighted by atomic mass is 10.1. The van der Waals surface area contributed by atoms with Gasteiger partial charge in [0.15, 0.2) is 0 Å². The Morgan fingerprint density at radius 3 is 2.67 bits per heavy atom. The number of carbonyl (C=O) groups excluding carboxylic acids is 2. The van der Waals surface area contributed by atoms with Crippen LogP contribution >= 0.6 is 0 Å². The molecule has 1 aliphatic rings. The monoisotopic (exact) mass is 380 g/mol. The number of rotatable bonds is 6. The molecule has 0 N–H and O–H groups in total. The maximum atomic E-state index is 12.9. The van der Waals surface area contributed by atoms with Gasteiger partial charge in [-0.1, -0.05) is 12.1 Å². The summed E-state index contributed by atoms with van der Waals surface area (Å²) in [5.74, 6) is -0.423. The molecule has 144 valence electrons. The van der Waals surface area contributed by atoms with Gasteiger partial charge in [-0.3, -0.25) is 9.59 Å². The number of halogens is 3. The first-order chi connectivity index (χ1) is 12.8. The number of hydrogen-bond donors (Lipinski definition) is 0. The number of hydrogen-bond acceptors (Lipinski definition) is 3. The lowest BCUT2D eigenvalue weighted by molar-refractivity contribution is -0.142. The maximum Gasteiger partial charge on any atom is 0.406 e. The second kappa shape index (κ2) is 7.85. The fourth-order valence-electron chi connectivity index (χ4n) is 3.08. The zero-order valence-corrected chi connectivity index (χ0v) is 14.5. The molecule has 0 saturated carbocycles. The Morgan fingerprint density at radius 1 is 1.22 bits per heavy atom. The van der Waals surface area contributed by atoms with E-state index >= 15 is 0 Å². The third kappa shape index (κ3) is 5.12. The van der Waals surface area contributed by atoms with Crippen LogP contribution in [0.15, 0.2) is 47.1 Å². The van der Waals surface area contributed by atoms with Crippen LogP contribution in [0.5, 0.6) is 0 Å². The van der Waals surface area contributed by atoms with Crippen LogP contribution in [-0.2, 0) is 17.9 Å². The van der Waals surface area contributed by atoms with E-state index in [9.17, 15) is 22.8 Å². The van der Waals surface area contributed by atoms with E-state index in [2.05, 4.69) is 0 Å². The van der Waals surface area contributed by atoms with Gasteiger partial charge in [0.1, 0.15) is 12.3 Å². The molecule has 0 radical (unpaired) electrons. The van der Waals surface area contributed by atoms with Crippen LogP contribution in [0.3, 0.4) is 0 Å². The fraction of sp³-hybridized carbons (Fsp3) is 0.368. The molecule has 0 spiro atoms. The van der Waals surface area contributed by atoms with Crippen LogP contribution in [0.1, 0.15) is 34.5 Å². The summed E-state index contributed by atoms with van der Waals surface area (Å²) in [4.78, 5) is 26.8. The van der Waals surface area contributed by atoms with E-state index < -0.39 is 18.6 Å². The summed E-state index contributed by atoms with van der Waals surface area (Å²) in [6, 6.07) is 9.46. The fourth-order valence-corrected chi connectivity index (χ4v) is 3.08. The highest BCUT2D eigenvalue weighted by Gasteiger charge is 2.34. The van der Waals surface area contributed by atoms with Crippen LogP contribution < -0.4 is 0 Å². The number of amides is 2. The molecular formula is C19H19F3N2O3. The summed E-state index contributed by atoms with van der Waals surface area (Å²) in [6.45, 7) is -0.658. The Hall–Kier alpha value is -2.77. The first kappa shape index (κ1) is 19.0. The molecule has 1 saturated heterocycles. The quantitative estimate of drug-likeness (QED) is 0.769. The van der Waals surface area contributed by atoms with Gasteiger partial charge in [0.05, 0.1) is 12.8 Å². The smallest absolute Gasteiger partial charge is 0.406 e. The number of nitrogens with zero attached hydrogens (tertiary/aromatic N) is 2. The van der Waals surface area contributed by atoms with Gasteiger partial charge in [0.25, 0.3) is 5.91 Å². The van der Waals surface area contributed by atoms with E-state index in [1.165, 1.54) is 18.4 Å². The molecule has 8 heteroatoms. The Bertz CT molecular complexity index is 803. The van der Waals surface area contributed by atoms with E-state index in [0.717, 1.165) is 6.42 Å². The van der Waals surface area contributed by atoms with E-state index in [1.807, 2.05) is 0 Å². The Balaban J connectivity index is 1.78.